The first kappa shape index (κ1) is 16.6. The van der Waals surface area contributed by atoms with Crippen molar-refractivity contribution in [1.82, 2.24) is 5.32 Å². The fourth-order valence-corrected chi connectivity index (χ4v) is 1.93. The Morgan fingerprint density at radius 1 is 1.20 bits per heavy atom. The summed E-state index contributed by atoms with van der Waals surface area (Å²) in [5.74, 6) is 0.679. The van der Waals surface area contributed by atoms with Crippen molar-refractivity contribution in [1.29, 1.82) is 0 Å². The maximum atomic E-state index is 10.6. The van der Waals surface area contributed by atoms with Crippen LogP contribution in [0.5, 0.6) is 0 Å². The Morgan fingerprint density at radius 3 is 2.30 bits per heavy atom. The number of benzene rings is 1. The van der Waals surface area contributed by atoms with Crippen molar-refractivity contribution in [2.24, 2.45) is 5.92 Å². The second-order valence-electron chi connectivity index (χ2n) is 5.64. The van der Waals surface area contributed by atoms with Gasteiger partial charge in [0.15, 0.2) is 0 Å². The minimum atomic E-state index is -0.641. The minimum Gasteiger partial charge on any atom is -0.387 e. The maximum Gasteiger partial charge on any atom is 0.269 e. The van der Waals surface area contributed by atoms with Gasteiger partial charge in [-0.1, -0.05) is 13.8 Å². The third kappa shape index (κ3) is 5.67. The highest BCUT2D eigenvalue weighted by Gasteiger charge is 2.12. The van der Waals surface area contributed by atoms with E-state index in [1.807, 2.05) is 0 Å². The van der Waals surface area contributed by atoms with Crippen LogP contribution < -0.4 is 5.32 Å². The third-order valence-corrected chi connectivity index (χ3v) is 3.33. The van der Waals surface area contributed by atoms with Gasteiger partial charge in [0, 0.05) is 24.7 Å². The Morgan fingerprint density at radius 2 is 1.80 bits per heavy atom. The summed E-state index contributed by atoms with van der Waals surface area (Å²) in [5.41, 5.74) is 0.735. The van der Waals surface area contributed by atoms with Crippen LogP contribution in [-0.2, 0) is 0 Å². The monoisotopic (exact) mass is 280 g/mol. The SMILES string of the molecule is CC(C)CCC(C)NCC(O)c1ccc([N+](=O)[O-])cc1. The molecule has 1 aromatic carbocycles. The molecule has 20 heavy (non-hydrogen) atoms. The van der Waals surface area contributed by atoms with Gasteiger partial charge in [0.05, 0.1) is 11.0 Å². The van der Waals surface area contributed by atoms with Crippen LogP contribution in [-0.4, -0.2) is 22.6 Å². The van der Waals surface area contributed by atoms with Gasteiger partial charge in [0.2, 0.25) is 0 Å². The van der Waals surface area contributed by atoms with Crippen LogP contribution in [0.1, 0.15) is 45.3 Å². The quantitative estimate of drug-likeness (QED) is 0.567. The standard InChI is InChI=1S/C15H24N2O3/c1-11(2)4-5-12(3)16-10-15(18)13-6-8-14(9-7-13)17(19)20/h6-9,11-12,15-16,18H,4-5,10H2,1-3H3. The number of aliphatic hydroxyl groups excluding tert-OH is 1. The van der Waals surface area contributed by atoms with Gasteiger partial charge in [-0.2, -0.15) is 0 Å². The molecule has 0 aromatic heterocycles. The van der Waals surface area contributed by atoms with Crippen LogP contribution in [0, 0.1) is 16.0 Å². The summed E-state index contributed by atoms with van der Waals surface area (Å²) in [4.78, 5) is 10.1. The highest BCUT2D eigenvalue weighted by molar-refractivity contribution is 5.33. The van der Waals surface area contributed by atoms with Crippen molar-refractivity contribution in [3.05, 3.63) is 39.9 Å². The molecule has 5 heteroatoms. The summed E-state index contributed by atoms with van der Waals surface area (Å²) in [6.45, 7) is 6.94. The molecule has 5 nitrogen and oxygen atoms in total. The second-order valence-corrected chi connectivity index (χ2v) is 5.64. The van der Waals surface area contributed by atoms with E-state index in [9.17, 15) is 15.2 Å². The molecule has 0 fully saturated rings. The molecule has 0 radical (unpaired) electrons. The largest absolute Gasteiger partial charge is 0.387 e. The average Bonchev–Trinajstić information content (AvgIpc) is 2.42. The van der Waals surface area contributed by atoms with E-state index in [0.717, 1.165) is 12.8 Å². The molecule has 0 bridgehead atoms. The first-order valence-corrected chi connectivity index (χ1v) is 7.06. The zero-order valence-electron chi connectivity index (χ0n) is 12.4. The normalized spacial score (nSPS) is 14.2. The summed E-state index contributed by atoms with van der Waals surface area (Å²) in [6.07, 6.45) is 1.59. The molecular weight excluding hydrogens is 256 g/mol. The van der Waals surface area contributed by atoms with E-state index in [1.165, 1.54) is 12.1 Å². The summed E-state index contributed by atoms with van der Waals surface area (Å²) in [7, 11) is 0. The van der Waals surface area contributed by atoms with E-state index >= 15 is 0 Å². The number of nitro groups is 1. The number of rotatable bonds is 8. The molecule has 2 atom stereocenters. The Kier molecular flexibility index (Phi) is 6.61. The molecular formula is C15H24N2O3. The van der Waals surface area contributed by atoms with E-state index in [1.54, 1.807) is 12.1 Å². The Bertz CT molecular complexity index is 418. The zero-order chi connectivity index (χ0) is 15.1. The number of non-ortho nitro benzene ring substituents is 1. The van der Waals surface area contributed by atoms with E-state index in [-0.39, 0.29) is 5.69 Å². The molecule has 0 aliphatic carbocycles. The fraction of sp³-hybridized carbons (Fsp3) is 0.600. The number of nitrogens with one attached hydrogen (secondary N) is 1. The minimum absolute atomic E-state index is 0.0409. The van der Waals surface area contributed by atoms with Gasteiger partial charge < -0.3 is 10.4 Å². The topological polar surface area (TPSA) is 75.4 Å². The van der Waals surface area contributed by atoms with Gasteiger partial charge in [0.25, 0.3) is 5.69 Å². The lowest BCUT2D eigenvalue weighted by atomic mass is 10.0. The van der Waals surface area contributed by atoms with Crippen molar-refractivity contribution in [2.75, 3.05) is 6.54 Å². The predicted molar refractivity (Wildman–Crippen MR) is 79.6 cm³/mol. The van der Waals surface area contributed by atoms with Crippen LogP contribution >= 0.6 is 0 Å². The van der Waals surface area contributed by atoms with Gasteiger partial charge in [-0.05, 0) is 43.4 Å². The molecule has 0 spiro atoms. The number of nitro benzene ring substituents is 1. The molecule has 2 N–H and O–H groups in total. The summed E-state index contributed by atoms with van der Waals surface area (Å²) >= 11 is 0. The highest BCUT2D eigenvalue weighted by Crippen LogP contribution is 2.17. The van der Waals surface area contributed by atoms with Gasteiger partial charge in [0.1, 0.15) is 0 Å². The van der Waals surface area contributed by atoms with Crippen molar-refractivity contribution >= 4 is 5.69 Å². The lowest BCUT2D eigenvalue weighted by Gasteiger charge is -2.18. The van der Waals surface area contributed by atoms with Crippen molar-refractivity contribution in [3.8, 4) is 0 Å². The third-order valence-electron chi connectivity index (χ3n) is 3.33. The second kappa shape index (κ2) is 7.97. The van der Waals surface area contributed by atoms with E-state index in [4.69, 9.17) is 0 Å². The summed E-state index contributed by atoms with van der Waals surface area (Å²) in [5, 5.41) is 23.9. The number of hydrogen-bond donors (Lipinski definition) is 2. The molecule has 0 heterocycles. The van der Waals surface area contributed by atoms with Gasteiger partial charge in [-0.15, -0.1) is 0 Å². The predicted octanol–water partition coefficient (Wildman–Crippen LogP) is 3.04. The van der Waals surface area contributed by atoms with E-state index < -0.39 is 11.0 Å². The Labute approximate surface area is 120 Å². The van der Waals surface area contributed by atoms with Crippen molar-refractivity contribution in [3.63, 3.8) is 0 Å². The lowest BCUT2D eigenvalue weighted by molar-refractivity contribution is -0.384. The molecule has 0 aliphatic rings. The molecule has 2 unspecified atom stereocenters. The molecule has 1 aromatic rings. The highest BCUT2D eigenvalue weighted by atomic mass is 16.6. The number of aliphatic hydroxyl groups is 1. The van der Waals surface area contributed by atoms with Gasteiger partial charge in [-0.25, -0.2) is 0 Å². The van der Waals surface area contributed by atoms with E-state index in [0.29, 0.717) is 24.1 Å². The van der Waals surface area contributed by atoms with Crippen molar-refractivity contribution in [2.45, 2.75) is 45.8 Å². The fourth-order valence-electron chi connectivity index (χ4n) is 1.93. The van der Waals surface area contributed by atoms with Crippen LogP contribution in [0.25, 0.3) is 0 Å². The molecule has 0 saturated heterocycles. The molecule has 0 aliphatic heterocycles. The Balaban J connectivity index is 2.42. The zero-order valence-corrected chi connectivity index (χ0v) is 12.4. The molecule has 0 saturated carbocycles. The molecule has 0 amide bonds. The van der Waals surface area contributed by atoms with Crippen LogP contribution in [0.4, 0.5) is 5.69 Å². The smallest absolute Gasteiger partial charge is 0.269 e. The lowest BCUT2D eigenvalue weighted by Crippen LogP contribution is -2.30. The molecule has 112 valence electrons. The maximum absolute atomic E-state index is 10.6. The first-order valence-electron chi connectivity index (χ1n) is 7.06. The van der Waals surface area contributed by atoms with Gasteiger partial charge in [-0.3, -0.25) is 10.1 Å². The average molecular weight is 280 g/mol. The van der Waals surface area contributed by atoms with Crippen molar-refractivity contribution < 1.29 is 10.0 Å². The van der Waals surface area contributed by atoms with Crippen LogP contribution in [0.2, 0.25) is 0 Å². The van der Waals surface area contributed by atoms with E-state index in [2.05, 4.69) is 26.1 Å². The number of hydrogen-bond acceptors (Lipinski definition) is 4. The van der Waals surface area contributed by atoms with Crippen LogP contribution in [0.15, 0.2) is 24.3 Å². The molecule has 1 rings (SSSR count). The summed E-state index contributed by atoms with van der Waals surface area (Å²) in [6, 6.07) is 6.39. The Hall–Kier alpha value is -1.46. The van der Waals surface area contributed by atoms with Gasteiger partial charge >= 0.3 is 0 Å². The first-order chi connectivity index (χ1) is 9.40. The number of nitrogens with zero attached hydrogens (tertiary/aromatic N) is 1. The van der Waals surface area contributed by atoms with Crippen LogP contribution in [0.3, 0.4) is 0 Å². The summed E-state index contributed by atoms with van der Waals surface area (Å²) < 4.78 is 0.